The number of nitrogens with one attached hydrogen (secondary N) is 1. The summed E-state index contributed by atoms with van der Waals surface area (Å²) in [7, 11) is 0. The molecule has 1 N–H and O–H groups in total. The zero-order valence-electron chi connectivity index (χ0n) is 16.5. The zero-order valence-corrected chi connectivity index (χ0v) is 16.5. The molecule has 6 rings (SSSR count). The van der Waals surface area contributed by atoms with Crippen LogP contribution in [0, 0.1) is 17.3 Å². The number of aromatic nitrogens is 2. The number of fused-ring (bicyclic) bond motifs is 1. The van der Waals surface area contributed by atoms with Gasteiger partial charge in [0.25, 0.3) is 11.8 Å². The Bertz CT molecular complexity index is 1020. The van der Waals surface area contributed by atoms with Crippen LogP contribution in [-0.2, 0) is 6.54 Å². The van der Waals surface area contributed by atoms with E-state index in [1.807, 2.05) is 12.1 Å². The van der Waals surface area contributed by atoms with Crippen molar-refractivity contribution in [3.05, 3.63) is 59.7 Å². The van der Waals surface area contributed by atoms with E-state index in [9.17, 15) is 9.59 Å². The van der Waals surface area contributed by atoms with Crippen LogP contribution < -0.4 is 5.32 Å². The van der Waals surface area contributed by atoms with E-state index in [1.165, 1.54) is 0 Å². The van der Waals surface area contributed by atoms with Crippen molar-refractivity contribution in [2.24, 2.45) is 17.3 Å². The van der Waals surface area contributed by atoms with Crippen LogP contribution in [0.1, 0.15) is 59.0 Å². The summed E-state index contributed by atoms with van der Waals surface area (Å²) in [6.45, 7) is 2.88. The SMILES string of the molecule is CC1CC23C(CC2NC(=O)c2cccnc2)CC3(N2Cc3ncccc3C2=O)C1. The lowest BCUT2D eigenvalue weighted by Gasteiger charge is -2.74. The first-order chi connectivity index (χ1) is 14.0. The van der Waals surface area contributed by atoms with Gasteiger partial charge in [-0.05, 0) is 61.8 Å². The summed E-state index contributed by atoms with van der Waals surface area (Å²) < 4.78 is 0. The van der Waals surface area contributed by atoms with Gasteiger partial charge in [-0.3, -0.25) is 19.6 Å². The summed E-state index contributed by atoms with van der Waals surface area (Å²) in [5.41, 5.74) is 2.08. The largest absolute Gasteiger partial charge is 0.349 e. The van der Waals surface area contributed by atoms with Crippen LogP contribution >= 0.6 is 0 Å². The summed E-state index contributed by atoms with van der Waals surface area (Å²) in [6.07, 6.45) is 9.20. The van der Waals surface area contributed by atoms with Crippen molar-refractivity contribution in [2.75, 3.05) is 0 Å². The number of hydrogen-bond donors (Lipinski definition) is 1. The molecule has 3 saturated carbocycles. The summed E-state index contributed by atoms with van der Waals surface area (Å²) in [5.74, 6) is 1.19. The minimum absolute atomic E-state index is 0.00197. The van der Waals surface area contributed by atoms with Gasteiger partial charge in [-0.1, -0.05) is 6.92 Å². The van der Waals surface area contributed by atoms with Gasteiger partial charge in [0.05, 0.1) is 28.9 Å². The Morgan fingerprint density at radius 2 is 2.07 bits per heavy atom. The molecule has 3 aliphatic carbocycles. The Labute approximate surface area is 169 Å². The zero-order chi connectivity index (χ0) is 19.8. The normalized spacial score (nSPS) is 36.5. The van der Waals surface area contributed by atoms with E-state index < -0.39 is 0 Å². The van der Waals surface area contributed by atoms with Gasteiger partial charge in [-0.15, -0.1) is 0 Å². The van der Waals surface area contributed by atoms with Gasteiger partial charge in [-0.25, -0.2) is 0 Å². The van der Waals surface area contributed by atoms with E-state index in [-0.39, 0.29) is 28.8 Å². The quantitative estimate of drug-likeness (QED) is 0.877. The van der Waals surface area contributed by atoms with Crippen LogP contribution in [0.4, 0.5) is 0 Å². The van der Waals surface area contributed by atoms with Crippen molar-refractivity contribution in [3.63, 3.8) is 0 Å². The lowest BCUT2D eigenvalue weighted by molar-refractivity contribution is -0.217. The Morgan fingerprint density at radius 3 is 2.83 bits per heavy atom. The average molecular weight is 388 g/mol. The van der Waals surface area contributed by atoms with Gasteiger partial charge in [0.1, 0.15) is 0 Å². The van der Waals surface area contributed by atoms with Crippen molar-refractivity contribution in [2.45, 2.75) is 50.7 Å². The monoisotopic (exact) mass is 388 g/mol. The molecular weight excluding hydrogens is 364 g/mol. The fourth-order valence-corrected chi connectivity index (χ4v) is 7.13. The van der Waals surface area contributed by atoms with Crippen molar-refractivity contribution >= 4 is 11.8 Å². The number of carbonyl (C=O) groups is 2. The maximum Gasteiger partial charge on any atom is 0.256 e. The summed E-state index contributed by atoms with van der Waals surface area (Å²) in [4.78, 5) is 36.7. The molecule has 5 unspecified atom stereocenters. The molecule has 0 aromatic carbocycles. The molecular formula is C23H24N4O2. The van der Waals surface area contributed by atoms with Gasteiger partial charge in [0.2, 0.25) is 0 Å². The molecule has 6 nitrogen and oxygen atoms in total. The standard InChI is InChI=1S/C23H24N4O2/c1-14-9-22(27-13-18-17(21(27)29)5-3-7-25-18)11-16-8-19(23(16,22)10-14)26-20(28)15-4-2-6-24-12-15/h2-7,12,14,16,19H,8-11,13H2,1H3,(H,26,28). The Balaban J connectivity index is 1.32. The van der Waals surface area contributed by atoms with Crippen molar-refractivity contribution in [1.29, 1.82) is 0 Å². The Morgan fingerprint density at radius 1 is 1.21 bits per heavy atom. The third kappa shape index (κ3) is 2.02. The molecule has 2 aromatic heterocycles. The first-order valence-electron chi connectivity index (χ1n) is 10.5. The maximum absolute atomic E-state index is 13.3. The van der Waals surface area contributed by atoms with E-state index in [0.29, 0.717) is 23.9 Å². The summed E-state index contributed by atoms with van der Waals surface area (Å²) in [6, 6.07) is 7.44. The molecule has 29 heavy (non-hydrogen) atoms. The highest BCUT2D eigenvalue weighted by Crippen LogP contribution is 2.76. The van der Waals surface area contributed by atoms with Crippen LogP contribution in [-0.4, -0.2) is 38.3 Å². The molecule has 0 saturated heterocycles. The fraction of sp³-hybridized carbons (Fsp3) is 0.478. The third-order valence-electron chi connectivity index (χ3n) is 8.11. The molecule has 5 atom stereocenters. The molecule has 2 amide bonds. The topological polar surface area (TPSA) is 75.2 Å². The summed E-state index contributed by atoms with van der Waals surface area (Å²) >= 11 is 0. The predicted octanol–water partition coefficient (Wildman–Crippen LogP) is 2.81. The number of pyridine rings is 2. The van der Waals surface area contributed by atoms with Gasteiger partial charge in [-0.2, -0.15) is 0 Å². The maximum atomic E-state index is 13.3. The van der Waals surface area contributed by atoms with E-state index >= 15 is 0 Å². The number of rotatable bonds is 3. The minimum atomic E-state index is -0.153. The van der Waals surface area contributed by atoms with Crippen LogP contribution in [0.15, 0.2) is 42.9 Å². The lowest BCUT2D eigenvalue weighted by Crippen LogP contribution is -2.81. The van der Waals surface area contributed by atoms with E-state index in [1.54, 1.807) is 30.7 Å². The first kappa shape index (κ1) is 17.1. The molecule has 3 heterocycles. The predicted molar refractivity (Wildman–Crippen MR) is 106 cm³/mol. The second-order valence-electron chi connectivity index (χ2n) is 9.38. The fourth-order valence-electron chi connectivity index (χ4n) is 7.13. The van der Waals surface area contributed by atoms with Crippen molar-refractivity contribution in [1.82, 2.24) is 20.2 Å². The highest BCUT2D eigenvalue weighted by atomic mass is 16.2. The molecule has 3 fully saturated rings. The molecule has 4 aliphatic rings. The average Bonchev–Trinajstić information content (AvgIpc) is 3.22. The van der Waals surface area contributed by atoms with Gasteiger partial charge in [0.15, 0.2) is 0 Å². The molecule has 1 aliphatic heterocycles. The van der Waals surface area contributed by atoms with E-state index in [4.69, 9.17) is 0 Å². The number of hydrogen-bond acceptors (Lipinski definition) is 4. The van der Waals surface area contributed by atoms with Crippen LogP contribution in [0.2, 0.25) is 0 Å². The highest BCUT2D eigenvalue weighted by Gasteiger charge is 2.79. The van der Waals surface area contributed by atoms with Gasteiger partial charge < -0.3 is 10.2 Å². The highest BCUT2D eigenvalue weighted by molar-refractivity contribution is 5.98. The number of nitrogens with zero attached hydrogens (tertiary/aromatic N) is 3. The second kappa shape index (κ2) is 5.65. The molecule has 0 bridgehead atoms. The van der Waals surface area contributed by atoms with Crippen LogP contribution in [0.5, 0.6) is 0 Å². The molecule has 6 heteroatoms. The molecule has 148 valence electrons. The second-order valence-corrected chi connectivity index (χ2v) is 9.38. The van der Waals surface area contributed by atoms with Gasteiger partial charge in [0, 0.05) is 30.0 Å². The lowest BCUT2D eigenvalue weighted by atomic mass is 9.36. The van der Waals surface area contributed by atoms with Crippen LogP contribution in [0.25, 0.3) is 0 Å². The molecule has 0 radical (unpaired) electrons. The number of amides is 2. The Hall–Kier alpha value is -2.76. The smallest absolute Gasteiger partial charge is 0.256 e. The third-order valence-corrected chi connectivity index (χ3v) is 8.11. The Kier molecular flexibility index (Phi) is 3.34. The van der Waals surface area contributed by atoms with E-state index in [2.05, 4.69) is 27.1 Å². The molecule has 1 spiro atoms. The van der Waals surface area contributed by atoms with Crippen LogP contribution in [0.3, 0.4) is 0 Å². The number of carbonyl (C=O) groups excluding carboxylic acids is 2. The molecule has 2 aromatic rings. The van der Waals surface area contributed by atoms with Gasteiger partial charge >= 0.3 is 0 Å². The first-order valence-corrected chi connectivity index (χ1v) is 10.5. The summed E-state index contributed by atoms with van der Waals surface area (Å²) in [5, 5.41) is 3.30. The minimum Gasteiger partial charge on any atom is -0.349 e. The van der Waals surface area contributed by atoms with Crippen molar-refractivity contribution < 1.29 is 9.59 Å². The van der Waals surface area contributed by atoms with Crippen molar-refractivity contribution in [3.8, 4) is 0 Å². The van der Waals surface area contributed by atoms with E-state index in [0.717, 1.165) is 36.9 Å².